The van der Waals surface area contributed by atoms with Gasteiger partial charge in [-0.3, -0.25) is 0 Å². The third-order valence-corrected chi connectivity index (χ3v) is 4.05. The fourth-order valence-electron chi connectivity index (χ4n) is 2.85. The molecular formula is C20H21N3O2. The van der Waals surface area contributed by atoms with Crippen LogP contribution in [0.5, 0.6) is 6.01 Å². The molecular weight excluding hydrogens is 314 g/mol. The summed E-state index contributed by atoms with van der Waals surface area (Å²) in [4.78, 5) is 13.4. The van der Waals surface area contributed by atoms with E-state index in [1.54, 1.807) is 0 Å². The van der Waals surface area contributed by atoms with E-state index < -0.39 is 6.79 Å². The van der Waals surface area contributed by atoms with Crippen LogP contribution in [-0.4, -0.2) is 26.9 Å². The average Bonchev–Trinajstić information content (AvgIpc) is 2.54. The quantitative estimate of drug-likeness (QED) is 0.735. The summed E-state index contributed by atoms with van der Waals surface area (Å²) in [7, 11) is 0. The van der Waals surface area contributed by atoms with Crippen molar-refractivity contribution in [3.05, 3.63) is 58.7 Å². The van der Waals surface area contributed by atoms with Gasteiger partial charge in [-0.2, -0.15) is 9.97 Å². The minimum atomic E-state index is -0.483. The zero-order chi connectivity index (χ0) is 18.0. The molecule has 0 bridgehead atoms. The Hall–Kier alpha value is -2.79. The van der Waals surface area contributed by atoms with Gasteiger partial charge in [-0.15, -0.1) is 0 Å². The molecule has 0 spiro atoms. The predicted octanol–water partition coefficient (Wildman–Crippen LogP) is 3.77. The highest BCUT2D eigenvalue weighted by molar-refractivity contribution is 5.66. The molecule has 5 heteroatoms. The molecule has 25 heavy (non-hydrogen) atoms. The minimum Gasteiger partial charge on any atom is -0.436 e. The maximum Gasteiger partial charge on any atom is 0.322 e. The maximum absolute atomic E-state index is 9.10. The number of benzene rings is 2. The van der Waals surface area contributed by atoms with Crippen molar-refractivity contribution in [3.8, 4) is 28.8 Å². The first kappa shape index (κ1) is 17.0. The highest BCUT2D eigenvalue weighted by atomic mass is 16.6. The first-order valence-electron chi connectivity index (χ1n) is 8.13. The Labute approximate surface area is 147 Å². The topological polar surface area (TPSA) is 68.1 Å². The third kappa shape index (κ3) is 3.67. The second-order valence-corrected chi connectivity index (χ2v) is 6.18. The summed E-state index contributed by atoms with van der Waals surface area (Å²) in [5.41, 5.74) is 6.34. The number of aliphatic hydroxyl groups is 1. The zero-order valence-electron chi connectivity index (χ0n) is 14.9. The van der Waals surface area contributed by atoms with Gasteiger partial charge in [0.2, 0.25) is 0 Å². The lowest BCUT2D eigenvalue weighted by atomic mass is 10.0. The first-order chi connectivity index (χ1) is 12.0. The molecule has 3 aromatic rings. The number of nitrogens with zero attached hydrogens (tertiary/aromatic N) is 3. The smallest absolute Gasteiger partial charge is 0.322 e. The summed E-state index contributed by atoms with van der Waals surface area (Å²) in [6, 6.07) is 12.3. The van der Waals surface area contributed by atoms with Gasteiger partial charge in [-0.1, -0.05) is 47.5 Å². The molecule has 0 fully saturated rings. The summed E-state index contributed by atoms with van der Waals surface area (Å²) >= 11 is 0. The van der Waals surface area contributed by atoms with Gasteiger partial charge in [-0.05, 0) is 38.8 Å². The lowest BCUT2D eigenvalue weighted by molar-refractivity contribution is 0.0893. The molecule has 0 aliphatic rings. The van der Waals surface area contributed by atoms with Crippen LogP contribution in [0.1, 0.15) is 22.3 Å². The molecule has 128 valence electrons. The number of hydrogen-bond donors (Lipinski definition) is 1. The van der Waals surface area contributed by atoms with Crippen LogP contribution in [0.3, 0.4) is 0 Å². The first-order valence-corrected chi connectivity index (χ1v) is 8.13. The Kier molecular flexibility index (Phi) is 4.76. The number of hydrogen-bond acceptors (Lipinski definition) is 5. The lowest BCUT2D eigenvalue weighted by Crippen LogP contribution is -2.05. The van der Waals surface area contributed by atoms with Gasteiger partial charge < -0.3 is 9.84 Å². The average molecular weight is 335 g/mol. The van der Waals surface area contributed by atoms with Crippen LogP contribution < -0.4 is 4.74 Å². The Balaban J connectivity index is 2.18. The molecule has 2 aromatic carbocycles. The molecule has 5 nitrogen and oxygen atoms in total. The standard InChI is InChI=1S/C20H21N3O2/c1-12-5-7-16(14(3)9-12)18-21-19(23-20(22-18)25-11-24)17-8-6-13(2)10-15(17)4/h5-10,24H,11H2,1-4H3. The number of aliphatic hydroxyl groups excluding tert-OH is 1. The molecule has 0 radical (unpaired) electrons. The molecule has 3 rings (SSSR count). The predicted molar refractivity (Wildman–Crippen MR) is 97.4 cm³/mol. The second kappa shape index (κ2) is 6.99. The van der Waals surface area contributed by atoms with E-state index in [0.717, 1.165) is 22.3 Å². The molecule has 1 aromatic heterocycles. The van der Waals surface area contributed by atoms with Crippen molar-refractivity contribution in [1.82, 2.24) is 15.0 Å². The summed E-state index contributed by atoms with van der Waals surface area (Å²) in [6.07, 6.45) is 0. The maximum atomic E-state index is 9.10. The SMILES string of the molecule is Cc1ccc(-c2nc(OCO)nc(-c3ccc(C)cc3C)n2)c(C)c1. The number of aromatic nitrogens is 3. The van der Waals surface area contributed by atoms with Crippen molar-refractivity contribution in [2.75, 3.05) is 6.79 Å². The highest BCUT2D eigenvalue weighted by Gasteiger charge is 2.14. The Morgan fingerprint density at radius 3 is 1.64 bits per heavy atom. The van der Waals surface area contributed by atoms with E-state index in [-0.39, 0.29) is 6.01 Å². The van der Waals surface area contributed by atoms with Crippen LogP contribution in [0, 0.1) is 27.7 Å². The zero-order valence-corrected chi connectivity index (χ0v) is 14.9. The molecule has 1 N–H and O–H groups in total. The Morgan fingerprint density at radius 2 is 1.24 bits per heavy atom. The van der Waals surface area contributed by atoms with Gasteiger partial charge >= 0.3 is 6.01 Å². The number of ether oxygens (including phenoxy) is 1. The lowest BCUT2D eigenvalue weighted by Gasteiger charge is -2.11. The van der Waals surface area contributed by atoms with Crippen LogP contribution in [0.4, 0.5) is 0 Å². The van der Waals surface area contributed by atoms with Crippen molar-refractivity contribution >= 4 is 0 Å². The van der Waals surface area contributed by atoms with Crippen LogP contribution in [0.2, 0.25) is 0 Å². The number of aryl methyl sites for hydroxylation is 4. The Bertz CT molecular complexity index is 853. The van der Waals surface area contributed by atoms with Crippen LogP contribution in [0.25, 0.3) is 22.8 Å². The van der Waals surface area contributed by atoms with E-state index in [1.807, 2.05) is 52.0 Å². The summed E-state index contributed by atoms with van der Waals surface area (Å²) in [5, 5.41) is 9.10. The monoisotopic (exact) mass is 335 g/mol. The molecule has 0 saturated carbocycles. The van der Waals surface area contributed by atoms with Gasteiger partial charge in [0, 0.05) is 11.1 Å². The molecule has 0 unspecified atom stereocenters. The van der Waals surface area contributed by atoms with E-state index in [2.05, 4.69) is 27.1 Å². The van der Waals surface area contributed by atoms with Crippen LogP contribution in [-0.2, 0) is 0 Å². The summed E-state index contributed by atoms with van der Waals surface area (Å²) < 4.78 is 5.15. The van der Waals surface area contributed by atoms with E-state index in [4.69, 9.17) is 9.84 Å². The van der Waals surface area contributed by atoms with Crippen molar-refractivity contribution in [3.63, 3.8) is 0 Å². The van der Waals surface area contributed by atoms with Crippen molar-refractivity contribution in [2.45, 2.75) is 27.7 Å². The fraction of sp³-hybridized carbons (Fsp3) is 0.250. The highest BCUT2D eigenvalue weighted by Crippen LogP contribution is 2.27. The fourth-order valence-corrected chi connectivity index (χ4v) is 2.85. The molecule has 0 aliphatic carbocycles. The van der Waals surface area contributed by atoms with Crippen molar-refractivity contribution in [1.29, 1.82) is 0 Å². The van der Waals surface area contributed by atoms with Crippen molar-refractivity contribution in [2.24, 2.45) is 0 Å². The second-order valence-electron chi connectivity index (χ2n) is 6.18. The third-order valence-electron chi connectivity index (χ3n) is 4.05. The largest absolute Gasteiger partial charge is 0.436 e. The van der Waals surface area contributed by atoms with Gasteiger partial charge in [0.05, 0.1) is 0 Å². The molecule has 0 atom stereocenters. The van der Waals surface area contributed by atoms with E-state index >= 15 is 0 Å². The number of rotatable bonds is 4. The van der Waals surface area contributed by atoms with Crippen LogP contribution in [0.15, 0.2) is 36.4 Å². The normalized spacial score (nSPS) is 10.8. The van der Waals surface area contributed by atoms with E-state index in [0.29, 0.717) is 11.6 Å². The van der Waals surface area contributed by atoms with Gasteiger partial charge in [0.1, 0.15) is 0 Å². The summed E-state index contributed by atoms with van der Waals surface area (Å²) in [5.74, 6) is 1.07. The van der Waals surface area contributed by atoms with Gasteiger partial charge in [0.15, 0.2) is 18.4 Å². The van der Waals surface area contributed by atoms with Gasteiger partial charge in [-0.25, -0.2) is 4.98 Å². The molecule has 0 aliphatic heterocycles. The summed E-state index contributed by atoms with van der Waals surface area (Å²) in [6.45, 7) is 7.66. The molecule has 1 heterocycles. The van der Waals surface area contributed by atoms with E-state index in [1.165, 1.54) is 11.1 Å². The van der Waals surface area contributed by atoms with Crippen molar-refractivity contribution < 1.29 is 9.84 Å². The Morgan fingerprint density at radius 1 is 0.760 bits per heavy atom. The molecule has 0 saturated heterocycles. The molecule has 0 amide bonds. The van der Waals surface area contributed by atoms with Gasteiger partial charge in [0.25, 0.3) is 0 Å². The van der Waals surface area contributed by atoms with E-state index in [9.17, 15) is 0 Å². The minimum absolute atomic E-state index is 0.113. The van der Waals surface area contributed by atoms with Crippen LogP contribution >= 0.6 is 0 Å².